The summed E-state index contributed by atoms with van der Waals surface area (Å²) in [5.74, 6) is 1.32. The average molecular weight is 371 g/mol. The van der Waals surface area contributed by atoms with E-state index in [0.29, 0.717) is 23.9 Å². The third-order valence-electron chi connectivity index (χ3n) is 4.56. The van der Waals surface area contributed by atoms with Gasteiger partial charge in [0.05, 0.1) is 20.1 Å². The Labute approximate surface area is 159 Å². The Morgan fingerprint density at radius 2 is 2.00 bits per heavy atom. The van der Waals surface area contributed by atoms with E-state index in [2.05, 4.69) is 4.90 Å². The fraction of sp³-hybridized carbons (Fsp3) is 0.381. The molecule has 0 fully saturated rings. The molecule has 1 aliphatic rings. The van der Waals surface area contributed by atoms with Crippen LogP contribution in [0.15, 0.2) is 36.4 Å². The van der Waals surface area contributed by atoms with Crippen LogP contribution in [0.25, 0.3) is 0 Å². The molecule has 6 heteroatoms. The number of fused-ring (bicyclic) bond motifs is 1. The van der Waals surface area contributed by atoms with Gasteiger partial charge < -0.3 is 24.2 Å². The molecule has 0 saturated carbocycles. The smallest absolute Gasteiger partial charge is 0.312 e. The van der Waals surface area contributed by atoms with Crippen LogP contribution in [-0.4, -0.2) is 50.3 Å². The maximum absolute atomic E-state index is 12.0. The quantitative estimate of drug-likeness (QED) is 0.458. The molecule has 1 unspecified atom stereocenters. The number of aromatic hydroxyl groups is 1. The molecule has 1 heterocycles. The summed E-state index contributed by atoms with van der Waals surface area (Å²) in [4.78, 5) is 14.1. The van der Waals surface area contributed by atoms with Gasteiger partial charge in [0.15, 0.2) is 11.5 Å². The molecule has 1 aliphatic heterocycles. The lowest BCUT2D eigenvalue weighted by Crippen LogP contribution is -2.21. The van der Waals surface area contributed by atoms with Gasteiger partial charge in [-0.1, -0.05) is 12.1 Å². The number of carbonyl (C=O) groups is 1. The molecule has 1 atom stereocenters. The van der Waals surface area contributed by atoms with Crippen molar-refractivity contribution in [2.75, 3.05) is 34.4 Å². The summed E-state index contributed by atoms with van der Waals surface area (Å²) in [6, 6.07) is 10.6. The molecule has 3 rings (SSSR count). The number of hydrogen-bond acceptors (Lipinski definition) is 6. The van der Waals surface area contributed by atoms with E-state index in [4.69, 9.17) is 14.2 Å². The van der Waals surface area contributed by atoms with Crippen LogP contribution < -0.4 is 14.2 Å². The SMILES string of the molecule is COc1ccc(C2CC(=O)Oc3cc(O)ccc32)cc1OCCCN(C)C. The van der Waals surface area contributed by atoms with Gasteiger partial charge in [0.2, 0.25) is 0 Å². The van der Waals surface area contributed by atoms with Crippen LogP contribution in [0.3, 0.4) is 0 Å². The highest BCUT2D eigenvalue weighted by Gasteiger charge is 2.29. The van der Waals surface area contributed by atoms with Gasteiger partial charge in [-0.3, -0.25) is 4.79 Å². The Hall–Kier alpha value is -2.73. The third kappa shape index (κ3) is 4.52. The van der Waals surface area contributed by atoms with Gasteiger partial charge in [-0.05, 0) is 44.3 Å². The van der Waals surface area contributed by atoms with Gasteiger partial charge in [0.25, 0.3) is 0 Å². The topological polar surface area (TPSA) is 68.2 Å². The highest BCUT2D eigenvalue weighted by Crippen LogP contribution is 2.42. The van der Waals surface area contributed by atoms with E-state index in [1.54, 1.807) is 19.2 Å². The zero-order valence-electron chi connectivity index (χ0n) is 15.9. The van der Waals surface area contributed by atoms with Crippen molar-refractivity contribution >= 4 is 5.97 Å². The fourth-order valence-electron chi connectivity index (χ4n) is 3.22. The van der Waals surface area contributed by atoms with Crippen LogP contribution in [0.5, 0.6) is 23.0 Å². The Kier molecular flexibility index (Phi) is 5.86. The Bertz CT molecular complexity index is 818. The molecular weight excluding hydrogens is 346 g/mol. The lowest BCUT2D eigenvalue weighted by atomic mass is 9.86. The first kappa shape index (κ1) is 19.0. The number of ether oxygens (including phenoxy) is 3. The van der Waals surface area contributed by atoms with Crippen LogP contribution in [0.4, 0.5) is 0 Å². The first-order chi connectivity index (χ1) is 13.0. The molecule has 2 aromatic rings. The van der Waals surface area contributed by atoms with Crippen molar-refractivity contribution in [3.05, 3.63) is 47.5 Å². The average Bonchev–Trinajstić information content (AvgIpc) is 2.63. The number of phenols is 1. The van der Waals surface area contributed by atoms with Gasteiger partial charge >= 0.3 is 5.97 Å². The molecule has 0 saturated heterocycles. The Morgan fingerprint density at radius 3 is 2.74 bits per heavy atom. The maximum atomic E-state index is 12.0. The van der Waals surface area contributed by atoms with E-state index in [-0.39, 0.29) is 24.1 Å². The fourth-order valence-corrected chi connectivity index (χ4v) is 3.22. The molecule has 6 nitrogen and oxygen atoms in total. The standard InChI is InChI=1S/C21H25NO5/c1-22(2)9-4-10-26-20-11-14(5-8-18(20)25-3)17-13-21(24)27-19-12-15(23)6-7-16(17)19/h5-8,11-12,17,23H,4,9-10,13H2,1-3H3. The van der Waals surface area contributed by atoms with E-state index in [1.165, 1.54) is 6.07 Å². The van der Waals surface area contributed by atoms with Gasteiger partial charge in [-0.15, -0.1) is 0 Å². The minimum Gasteiger partial charge on any atom is -0.508 e. The second-order valence-corrected chi connectivity index (χ2v) is 6.87. The number of phenolic OH excluding ortho intramolecular Hbond substituents is 1. The Morgan fingerprint density at radius 1 is 1.19 bits per heavy atom. The molecule has 0 spiro atoms. The minimum absolute atomic E-state index is 0.0712. The minimum atomic E-state index is -0.317. The third-order valence-corrected chi connectivity index (χ3v) is 4.56. The van der Waals surface area contributed by atoms with Gasteiger partial charge in [0.1, 0.15) is 11.5 Å². The summed E-state index contributed by atoms with van der Waals surface area (Å²) in [7, 11) is 5.66. The van der Waals surface area contributed by atoms with Crippen LogP contribution in [-0.2, 0) is 4.79 Å². The summed E-state index contributed by atoms with van der Waals surface area (Å²) < 4.78 is 16.6. The lowest BCUT2D eigenvalue weighted by Gasteiger charge is -2.25. The zero-order valence-corrected chi connectivity index (χ0v) is 15.9. The summed E-state index contributed by atoms with van der Waals surface area (Å²) in [6.07, 6.45) is 1.14. The highest BCUT2D eigenvalue weighted by molar-refractivity contribution is 5.78. The monoisotopic (exact) mass is 371 g/mol. The maximum Gasteiger partial charge on any atom is 0.312 e. The molecule has 0 bridgehead atoms. The summed E-state index contributed by atoms with van der Waals surface area (Å²) in [5, 5.41) is 9.67. The number of methoxy groups -OCH3 is 1. The van der Waals surface area contributed by atoms with Crippen molar-refractivity contribution in [3.63, 3.8) is 0 Å². The Balaban J connectivity index is 1.86. The number of hydrogen-bond donors (Lipinski definition) is 1. The molecule has 0 aliphatic carbocycles. The number of benzene rings is 2. The van der Waals surface area contributed by atoms with Crippen molar-refractivity contribution in [2.24, 2.45) is 0 Å². The largest absolute Gasteiger partial charge is 0.508 e. The molecule has 1 N–H and O–H groups in total. The van der Waals surface area contributed by atoms with Gasteiger partial charge in [-0.2, -0.15) is 0 Å². The second kappa shape index (κ2) is 8.31. The van der Waals surface area contributed by atoms with Gasteiger partial charge in [0, 0.05) is 24.1 Å². The normalized spacial score (nSPS) is 16.0. The van der Waals surface area contributed by atoms with Crippen molar-refractivity contribution in [1.82, 2.24) is 4.90 Å². The highest BCUT2D eigenvalue weighted by atomic mass is 16.5. The molecule has 0 amide bonds. The van der Waals surface area contributed by atoms with E-state index >= 15 is 0 Å². The summed E-state index contributed by atoms with van der Waals surface area (Å²) >= 11 is 0. The number of nitrogens with zero attached hydrogens (tertiary/aromatic N) is 1. The summed E-state index contributed by atoms with van der Waals surface area (Å²) in [5.41, 5.74) is 1.82. The zero-order chi connectivity index (χ0) is 19.4. The molecule has 27 heavy (non-hydrogen) atoms. The van der Waals surface area contributed by atoms with Gasteiger partial charge in [-0.25, -0.2) is 0 Å². The molecule has 2 aromatic carbocycles. The van der Waals surface area contributed by atoms with E-state index in [9.17, 15) is 9.90 Å². The van der Waals surface area contributed by atoms with E-state index in [1.807, 2.05) is 32.3 Å². The van der Waals surface area contributed by atoms with Crippen LogP contribution in [0.1, 0.15) is 29.9 Å². The van der Waals surface area contributed by atoms with E-state index in [0.717, 1.165) is 24.1 Å². The van der Waals surface area contributed by atoms with Crippen LogP contribution >= 0.6 is 0 Å². The summed E-state index contributed by atoms with van der Waals surface area (Å²) in [6.45, 7) is 1.52. The first-order valence-electron chi connectivity index (χ1n) is 8.97. The van der Waals surface area contributed by atoms with Crippen molar-refractivity contribution < 1.29 is 24.1 Å². The van der Waals surface area contributed by atoms with Crippen molar-refractivity contribution in [3.8, 4) is 23.0 Å². The predicted octanol–water partition coefficient (Wildman–Crippen LogP) is 3.17. The van der Waals surface area contributed by atoms with Crippen molar-refractivity contribution in [1.29, 1.82) is 0 Å². The number of carbonyl (C=O) groups excluding carboxylic acids is 1. The van der Waals surface area contributed by atoms with E-state index < -0.39 is 0 Å². The lowest BCUT2D eigenvalue weighted by molar-refractivity contribution is -0.135. The van der Waals surface area contributed by atoms with Crippen LogP contribution in [0.2, 0.25) is 0 Å². The number of esters is 1. The number of rotatable bonds is 7. The molecule has 144 valence electrons. The predicted molar refractivity (Wildman–Crippen MR) is 102 cm³/mol. The van der Waals surface area contributed by atoms with Crippen molar-refractivity contribution in [2.45, 2.75) is 18.8 Å². The molecule has 0 aromatic heterocycles. The second-order valence-electron chi connectivity index (χ2n) is 6.87. The van der Waals surface area contributed by atoms with Crippen LogP contribution in [0, 0.1) is 0 Å². The first-order valence-corrected chi connectivity index (χ1v) is 8.97. The molecule has 0 radical (unpaired) electrons. The molecular formula is C21H25NO5.